The number of hydrogen-bond acceptors (Lipinski definition) is 3. The van der Waals surface area contributed by atoms with E-state index in [1.807, 2.05) is 6.08 Å². The largest absolute Gasteiger partial charge is 0.461 e. The van der Waals surface area contributed by atoms with Gasteiger partial charge in [0.25, 0.3) is 0 Å². The molecule has 0 saturated carbocycles. The summed E-state index contributed by atoms with van der Waals surface area (Å²) in [7, 11) is 0. The molecule has 3 nitrogen and oxygen atoms in total. The zero-order valence-corrected chi connectivity index (χ0v) is 27.2. The van der Waals surface area contributed by atoms with E-state index in [-0.39, 0.29) is 5.97 Å². The Balaban J connectivity index is 3.40. The summed E-state index contributed by atoms with van der Waals surface area (Å²) >= 11 is 0. The van der Waals surface area contributed by atoms with Crippen LogP contribution in [0.3, 0.4) is 0 Å². The second-order valence-electron chi connectivity index (χ2n) is 12.1. The van der Waals surface area contributed by atoms with Gasteiger partial charge in [-0.3, -0.25) is 9.59 Å². The van der Waals surface area contributed by atoms with Gasteiger partial charge >= 0.3 is 5.97 Å². The van der Waals surface area contributed by atoms with Crippen LogP contribution in [0.2, 0.25) is 0 Å². The number of ether oxygens (including phenoxy) is 1. The van der Waals surface area contributed by atoms with Crippen LogP contribution in [-0.4, -0.2) is 18.4 Å². The lowest BCUT2D eigenvalue weighted by Gasteiger charge is -2.11. The highest BCUT2D eigenvalue weighted by atomic mass is 16.5. The normalized spacial score (nSPS) is 12.5. The Kier molecular flexibility index (Phi) is 31.0. The van der Waals surface area contributed by atoms with Crippen LogP contribution >= 0.6 is 0 Å². The van der Waals surface area contributed by atoms with Crippen LogP contribution in [0.15, 0.2) is 24.3 Å². The molecule has 0 fully saturated rings. The molecule has 0 spiro atoms. The first-order chi connectivity index (χ1) is 19.6. The lowest BCUT2D eigenvalue weighted by molar-refractivity contribution is -0.142. The smallest absolute Gasteiger partial charge is 0.306 e. The van der Waals surface area contributed by atoms with E-state index in [9.17, 15) is 9.59 Å². The number of Topliss-reactive ketones (excluding diaryl/α,β-unsaturated/α-hetero) is 1. The van der Waals surface area contributed by atoms with Gasteiger partial charge < -0.3 is 4.74 Å². The van der Waals surface area contributed by atoms with Gasteiger partial charge in [0.2, 0.25) is 0 Å². The van der Waals surface area contributed by atoms with Crippen molar-refractivity contribution in [2.75, 3.05) is 6.61 Å². The van der Waals surface area contributed by atoms with Crippen molar-refractivity contribution < 1.29 is 14.3 Å². The Morgan fingerprint density at radius 3 is 1.60 bits per heavy atom. The second kappa shape index (κ2) is 32.1. The number of unbranched alkanes of at least 4 members (excludes halogenated alkanes) is 16. The summed E-state index contributed by atoms with van der Waals surface area (Å²) < 4.78 is 5.30. The third-order valence-electron chi connectivity index (χ3n) is 7.94. The Bertz CT molecular complexity index is 555. The van der Waals surface area contributed by atoms with E-state index < -0.39 is 0 Å². The third kappa shape index (κ3) is 31.2. The molecule has 0 aromatic carbocycles. The molecule has 1 atom stereocenters. The minimum Gasteiger partial charge on any atom is -0.461 e. The molecule has 0 amide bonds. The molecule has 0 heterocycles. The molecule has 0 rings (SSSR count). The number of esters is 1. The van der Waals surface area contributed by atoms with E-state index in [1.54, 1.807) is 0 Å². The van der Waals surface area contributed by atoms with Crippen LogP contribution in [-0.2, 0) is 14.3 Å². The fourth-order valence-electron chi connectivity index (χ4n) is 5.16. The summed E-state index contributed by atoms with van der Waals surface area (Å²) in [6.07, 6.45) is 39.0. The van der Waals surface area contributed by atoms with E-state index in [0.29, 0.717) is 18.8 Å². The van der Waals surface area contributed by atoms with Gasteiger partial charge in [0.05, 0.1) is 0 Å². The number of carbonyl (C=O) groups excluding carboxylic acids is 2. The van der Waals surface area contributed by atoms with Crippen molar-refractivity contribution in [2.45, 2.75) is 188 Å². The second-order valence-corrected chi connectivity index (χ2v) is 12.1. The standard InChI is InChI=1S/C37H68O3/c1-4-6-8-10-12-13-19-25-31-36(38)32-26-20-15-17-23-29-35(3)30-24-18-16-21-27-33-37(39)40-34-28-22-14-11-9-7-5-2/h13,19,22,28,35H,4-12,14-18,20-21,23-27,29-34H2,1-3H3/b19-13-,28-22-. The average molecular weight is 561 g/mol. The van der Waals surface area contributed by atoms with Crippen molar-refractivity contribution in [3.63, 3.8) is 0 Å². The maximum Gasteiger partial charge on any atom is 0.306 e. The van der Waals surface area contributed by atoms with Crippen molar-refractivity contribution in [3.8, 4) is 0 Å². The van der Waals surface area contributed by atoms with Gasteiger partial charge in [-0.25, -0.2) is 0 Å². The van der Waals surface area contributed by atoms with Crippen LogP contribution < -0.4 is 0 Å². The van der Waals surface area contributed by atoms with Crippen molar-refractivity contribution in [1.82, 2.24) is 0 Å². The quantitative estimate of drug-likeness (QED) is 0.0481. The molecule has 0 bridgehead atoms. The van der Waals surface area contributed by atoms with Crippen molar-refractivity contribution in [2.24, 2.45) is 5.92 Å². The fraction of sp³-hybridized carbons (Fsp3) is 0.838. The van der Waals surface area contributed by atoms with Crippen molar-refractivity contribution in [1.29, 1.82) is 0 Å². The predicted molar refractivity (Wildman–Crippen MR) is 175 cm³/mol. The minimum absolute atomic E-state index is 0.0490. The summed E-state index contributed by atoms with van der Waals surface area (Å²) in [4.78, 5) is 23.9. The van der Waals surface area contributed by atoms with Crippen LogP contribution in [0.25, 0.3) is 0 Å². The number of allylic oxidation sites excluding steroid dienone is 3. The molecule has 0 aliphatic heterocycles. The van der Waals surface area contributed by atoms with E-state index >= 15 is 0 Å². The molecule has 1 unspecified atom stereocenters. The zero-order chi connectivity index (χ0) is 29.4. The van der Waals surface area contributed by atoms with Gasteiger partial charge in [0, 0.05) is 19.3 Å². The number of carbonyl (C=O) groups is 2. The summed E-state index contributed by atoms with van der Waals surface area (Å²) in [6, 6.07) is 0. The molecule has 0 radical (unpaired) electrons. The van der Waals surface area contributed by atoms with Gasteiger partial charge in [-0.1, -0.05) is 148 Å². The first kappa shape index (κ1) is 38.6. The Morgan fingerprint density at radius 1 is 0.525 bits per heavy atom. The van der Waals surface area contributed by atoms with Gasteiger partial charge in [-0.15, -0.1) is 0 Å². The topological polar surface area (TPSA) is 43.4 Å². The monoisotopic (exact) mass is 561 g/mol. The molecular weight excluding hydrogens is 492 g/mol. The SMILES string of the molecule is CCCCCC/C=C\CCC(=O)CCCCCCCC(C)CCCCCCCC(=O)OC/C=C\CCCCCC. The molecule has 0 aromatic heterocycles. The summed E-state index contributed by atoms with van der Waals surface area (Å²) in [5, 5.41) is 0. The Labute approximate surface area is 250 Å². The van der Waals surface area contributed by atoms with E-state index in [0.717, 1.165) is 50.9 Å². The summed E-state index contributed by atoms with van der Waals surface area (Å²) in [5.41, 5.74) is 0. The maximum absolute atomic E-state index is 12.0. The average Bonchev–Trinajstić information content (AvgIpc) is 2.94. The van der Waals surface area contributed by atoms with Gasteiger partial charge in [0.15, 0.2) is 0 Å². The number of rotatable bonds is 31. The first-order valence-corrected chi connectivity index (χ1v) is 17.6. The predicted octanol–water partition coefficient (Wildman–Crippen LogP) is 12.0. The molecule has 40 heavy (non-hydrogen) atoms. The number of hydrogen-bond donors (Lipinski definition) is 0. The Morgan fingerprint density at radius 2 is 1.00 bits per heavy atom. The molecule has 0 aliphatic rings. The van der Waals surface area contributed by atoms with Gasteiger partial charge in [-0.2, -0.15) is 0 Å². The third-order valence-corrected chi connectivity index (χ3v) is 7.94. The lowest BCUT2D eigenvalue weighted by atomic mass is 9.96. The van der Waals surface area contributed by atoms with E-state index in [4.69, 9.17) is 4.74 Å². The van der Waals surface area contributed by atoms with Crippen LogP contribution in [0, 0.1) is 5.92 Å². The summed E-state index contributed by atoms with van der Waals surface area (Å²) in [5.74, 6) is 1.21. The van der Waals surface area contributed by atoms with Crippen LogP contribution in [0.1, 0.15) is 188 Å². The van der Waals surface area contributed by atoms with E-state index in [1.165, 1.54) is 116 Å². The maximum atomic E-state index is 12.0. The Hall–Kier alpha value is -1.38. The summed E-state index contributed by atoms with van der Waals surface area (Å²) in [6.45, 7) is 7.30. The molecule has 0 aliphatic carbocycles. The molecule has 0 N–H and O–H groups in total. The fourth-order valence-corrected chi connectivity index (χ4v) is 5.16. The molecule has 3 heteroatoms. The van der Waals surface area contributed by atoms with Crippen LogP contribution in [0.4, 0.5) is 0 Å². The lowest BCUT2D eigenvalue weighted by Crippen LogP contribution is -2.04. The van der Waals surface area contributed by atoms with Crippen molar-refractivity contribution in [3.05, 3.63) is 24.3 Å². The first-order valence-electron chi connectivity index (χ1n) is 17.6. The molecule has 0 saturated heterocycles. The molecule has 0 aromatic rings. The highest BCUT2D eigenvalue weighted by Gasteiger charge is 2.05. The van der Waals surface area contributed by atoms with Gasteiger partial charge in [-0.05, 0) is 50.9 Å². The van der Waals surface area contributed by atoms with Crippen LogP contribution in [0.5, 0.6) is 0 Å². The number of ketones is 1. The zero-order valence-electron chi connectivity index (χ0n) is 27.2. The van der Waals surface area contributed by atoms with Crippen molar-refractivity contribution >= 4 is 11.8 Å². The highest BCUT2D eigenvalue weighted by Crippen LogP contribution is 2.19. The minimum atomic E-state index is -0.0490. The molecule has 234 valence electrons. The van der Waals surface area contributed by atoms with E-state index in [2.05, 4.69) is 39.0 Å². The molecular formula is C37H68O3. The highest BCUT2D eigenvalue weighted by molar-refractivity contribution is 5.78. The van der Waals surface area contributed by atoms with Gasteiger partial charge in [0.1, 0.15) is 12.4 Å².